The summed E-state index contributed by atoms with van der Waals surface area (Å²) < 4.78 is 0. The molecule has 0 aliphatic carbocycles. The van der Waals surface area contributed by atoms with Gasteiger partial charge in [0.05, 0.1) is 21.1 Å². The zero-order valence-corrected chi connectivity index (χ0v) is 16.0. The molecule has 3 aromatic rings. The predicted octanol–water partition coefficient (Wildman–Crippen LogP) is 3.48. The Morgan fingerprint density at radius 1 is 1.15 bits per heavy atom. The molecule has 0 spiro atoms. The lowest BCUT2D eigenvalue weighted by Gasteiger charge is -2.35. The number of aromatic nitrogens is 2. The predicted molar refractivity (Wildman–Crippen MR) is 107 cm³/mol. The van der Waals surface area contributed by atoms with Gasteiger partial charge in [-0.2, -0.15) is 0 Å². The largest absolute Gasteiger partial charge is 0.354 e. The van der Waals surface area contributed by atoms with E-state index in [1.165, 1.54) is 11.1 Å². The number of nitro groups is 1. The molecule has 1 fully saturated rings. The molecule has 1 aromatic carbocycles. The first-order valence-electron chi connectivity index (χ1n) is 9.08. The van der Waals surface area contributed by atoms with Crippen LogP contribution in [-0.2, 0) is 13.0 Å². The molecule has 8 heteroatoms. The highest BCUT2D eigenvalue weighted by Gasteiger charge is 2.19. The van der Waals surface area contributed by atoms with Crippen LogP contribution in [0.3, 0.4) is 0 Å². The van der Waals surface area contributed by atoms with Gasteiger partial charge in [-0.15, -0.1) is 11.3 Å². The van der Waals surface area contributed by atoms with E-state index in [2.05, 4.69) is 27.1 Å². The third-order valence-corrected chi connectivity index (χ3v) is 5.89. The Bertz CT molecular complexity index is 966. The van der Waals surface area contributed by atoms with Crippen LogP contribution in [0.15, 0.2) is 35.7 Å². The van der Waals surface area contributed by atoms with E-state index in [0.717, 1.165) is 61.6 Å². The van der Waals surface area contributed by atoms with Crippen LogP contribution in [0.4, 0.5) is 11.5 Å². The number of thiazole rings is 1. The minimum Gasteiger partial charge on any atom is -0.354 e. The second kappa shape index (κ2) is 7.58. The topological polar surface area (TPSA) is 75.4 Å². The summed E-state index contributed by atoms with van der Waals surface area (Å²) in [6, 6.07) is 8.67. The Morgan fingerprint density at radius 3 is 2.67 bits per heavy atom. The lowest BCUT2D eigenvalue weighted by atomic mass is 10.2. The first-order chi connectivity index (χ1) is 13.1. The summed E-state index contributed by atoms with van der Waals surface area (Å²) in [4.78, 5) is 24.6. The van der Waals surface area contributed by atoms with Crippen molar-refractivity contribution in [2.24, 2.45) is 0 Å². The number of nitro benzene ring substituents is 1. The van der Waals surface area contributed by atoms with Gasteiger partial charge in [-0.1, -0.05) is 6.92 Å². The third kappa shape index (κ3) is 3.91. The van der Waals surface area contributed by atoms with Gasteiger partial charge in [-0.25, -0.2) is 9.97 Å². The fourth-order valence-electron chi connectivity index (χ4n) is 3.34. The molecule has 7 nitrogen and oxygen atoms in total. The Balaban J connectivity index is 1.41. The van der Waals surface area contributed by atoms with Crippen LogP contribution in [0.1, 0.15) is 17.6 Å². The van der Waals surface area contributed by atoms with Gasteiger partial charge >= 0.3 is 0 Å². The highest BCUT2D eigenvalue weighted by atomic mass is 32.1. The molecule has 1 saturated heterocycles. The summed E-state index contributed by atoms with van der Waals surface area (Å²) in [5.74, 6) is 0.929. The van der Waals surface area contributed by atoms with Crippen molar-refractivity contribution in [3.63, 3.8) is 0 Å². The van der Waals surface area contributed by atoms with Crippen molar-refractivity contribution in [2.45, 2.75) is 19.9 Å². The number of aryl methyl sites for hydroxylation is 1. The molecule has 1 aliphatic heterocycles. The average Bonchev–Trinajstić information content (AvgIpc) is 3.15. The van der Waals surface area contributed by atoms with Crippen molar-refractivity contribution >= 4 is 33.7 Å². The van der Waals surface area contributed by atoms with Gasteiger partial charge in [-0.05, 0) is 24.6 Å². The molecular formula is C19H21N5O2S. The van der Waals surface area contributed by atoms with Crippen LogP contribution in [0, 0.1) is 10.1 Å². The summed E-state index contributed by atoms with van der Waals surface area (Å²) in [5, 5.41) is 15.1. The molecule has 0 saturated carbocycles. The van der Waals surface area contributed by atoms with E-state index >= 15 is 0 Å². The number of hydrogen-bond donors (Lipinski definition) is 0. The molecule has 0 radical (unpaired) electrons. The van der Waals surface area contributed by atoms with E-state index < -0.39 is 0 Å². The lowest BCUT2D eigenvalue weighted by molar-refractivity contribution is -0.384. The quantitative estimate of drug-likeness (QED) is 0.496. The number of rotatable bonds is 5. The number of piperazine rings is 1. The normalized spacial score (nSPS) is 15.4. The summed E-state index contributed by atoms with van der Waals surface area (Å²) in [6.07, 6.45) is 0.995. The number of anilines is 1. The molecule has 0 unspecified atom stereocenters. The molecule has 0 amide bonds. The monoisotopic (exact) mass is 383 g/mol. The fraction of sp³-hybridized carbons (Fsp3) is 0.368. The summed E-state index contributed by atoms with van der Waals surface area (Å²) >= 11 is 1.74. The Morgan fingerprint density at radius 2 is 1.96 bits per heavy atom. The van der Waals surface area contributed by atoms with Crippen molar-refractivity contribution in [1.82, 2.24) is 14.9 Å². The highest BCUT2D eigenvalue weighted by molar-refractivity contribution is 7.09. The zero-order valence-electron chi connectivity index (χ0n) is 15.2. The van der Waals surface area contributed by atoms with Crippen LogP contribution in [0.2, 0.25) is 0 Å². The number of fused-ring (bicyclic) bond motifs is 1. The Labute approximate surface area is 161 Å². The Hall–Kier alpha value is -2.58. The van der Waals surface area contributed by atoms with Gasteiger partial charge in [0.2, 0.25) is 0 Å². The lowest BCUT2D eigenvalue weighted by Crippen LogP contribution is -2.46. The van der Waals surface area contributed by atoms with Gasteiger partial charge in [0, 0.05) is 55.6 Å². The number of pyridine rings is 1. The maximum Gasteiger partial charge on any atom is 0.270 e. The number of benzene rings is 1. The van der Waals surface area contributed by atoms with Gasteiger partial charge < -0.3 is 4.90 Å². The maximum absolute atomic E-state index is 10.9. The van der Waals surface area contributed by atoms with Crippen molar-refractivity contribution in [1.29, 1.82) is 0 Å². The standard InChI is InChI=1S/C19H21N5O2S/c1-2-19-20-15(13-27-19)12-22-7-9-23(10-8-22)18-6-3-14-11-16(24(25)26)4-5-17(14)21-18/h3-6,11,13H,2,7-10,12H2,1H3. The molecule has 0 atom stereocenters. The van der Waals surface area contributed by atoms with Crippen LogP contribution in [0.25, 0.3) is 10.9 Å². The highest BCUT2D eigenvalue weighted by Crippen LogP contribution is 2.23. The Kier molecular flexibility index (Phi) is 5.00. The van der Waals surface area contributed by atoms with Crippen LogP contribution >= 0.6 is 11.3 Å². The van der Waals surface area contributed by atoms with Crippen molar-refractivity contribution in [3.05, 3.63) is 56.5 Å². The first-order valence-corrected chi connectivity index (χ1v) is 9.96. The van der Waals surface area contributed by atoms with Crippen LogP contribution < -0.4 is 4.90 Å². The van der Waals surface area contributed by atoms with E-state index in [1.54, 1.807) is 23.5 Å². The maximum atomic E-state index is 10.9. The van der Waals surface area contributed by atoms with E-state index in [1.807, 2.05) is 12.1 Å². The van der Waals surface area contributed by atoms with Gasteiger partial charge in [0.15, 0.2) is 0 Å². The summed E-state index contributed by atoms with van der Waals surface area (Å²) in [7, 11) is 0. The molecule has 0 N–H and O–H groups in total. The molecule has 27 heavy (non-hydrogen) atoms. The van der Waals surface area contributed by atoms with E-state index in [0.29, 0.717) is 0 Å². The molecule has 1 aliphatic rings. The second-order valence-electron chi connectivity index (χ2n) is 6.65. The fourth-order valence-corrected chi connectivity index (χ4v) is 4.08. The average molecular weight is 383 g/mol. The van der Waals surface area contributed by atoms with Crippen molar-refractivity contribution < 1.29 is 4.92 Å². The summed E-state index contributed by atoms with van der Waals surface area (Å²) in [6.45, 7) is 6.81. The van der Waals surface area contributed by atoms with Crippen molar-refractivity contribution in [3.8, 4) is 0 Å². The van der Waals surface area contributed by atoms with Gasteiger partial charge in [0.1, 0.15) is 5.82 Å². The molecule has 3 heterocycles. The third-order valence-electron chi connectivity index (χ3n) is 4.85. The number of nitrogens with zero attached hydrogens (tertiary/aromatic N) is 5. The molecule has 0 bridgehead atoms. The minimum atomic E-state index is -0.377. The van der Waals surface area contributed by atoms with Gasteiger partial charge in [-0.3, -0.25) is 15.0 Å². The number of hydrogen-bond acceptors (Lipinski definition) is 7. The first kappa shape index (κ1) is 17.8. The molecule has 140 valence electrons. The molecular weight excluding hydrogens is 362 g/mol. The number of non-ortho nitro benzene ring substituents is 1. The minimum absolute atomic E-state index is 0.0962. The van der Waals surface area contributed by atoms with E-state index in [-0.39, 0.29) is 10.6 Å². The zero-order chi connectivity index (χ0) is 18.8. The van der Waals surface area contributed by atoms with E-state index in [9.17, 15) is 10.1 Å². The second-order valence-corrected chi connectivity index (χ2v) is 7.60. The van der Waals surface area contributed by atoms with Crippen LogP contribution in [0.5, 0.6) is 0 Å². The van der Waals surface area contributed by atoms with Gasteiger partial charge in [0.25, 0.3) is 5.69 Å². The smallest absolute Gasteiger partial charge is 0.270 e. The summed E-state index contributed by atoms with van der Waals surface area (Å²) in [5.41, 5.74) is 2.05. The SMILES string of the molecule is CCc1nc(CN2CCN(c3ccc4cc([N+](=O)[O-])ccc4n3)CC2)cs1. The van der Waals surface area contributed by atoms with E-state index in [4.69, 9.17) is 4.98 Å². The molecule has 2 aromatic heterocycles. The van der Waals surface area contributed by atoms with Crippen molar-refractivity contribution in [2.75, 3.05) is 31.1 Å². The molecule has 4 rings (SSSR count). The van der Waals surface area contributed by atoms with Crippen LogP contribution in [-0.4, -0.2) is 46.0 Å².